The van der Waals surface area contributed by atoms with E-state index >= 15 is 0 Å². The first-order valence-corrected chi connectivity index (χ1v) is 17.3. The SMILES string of the molecule is CC/C=C\C/C=C\C/C=C\C/C=C\C/C=C\CC(=O)NC(COP(=O)([O-])OCC[N+](C)(C)C)C(O)/C=C/CCCCCC. The monoisotopic (exact) mass is 622 g/mol. The first-order chi connectivity index (χ1) is 20.5. The Morgan fingerprint density at radius 1 is 0.837 bits per heavy atom. The molecule has 0 saturated carbocycles. The lowest BCUT2D eigenvalue weighted by Gasteiger charge is -2.29. The van der Waals surface area contributed by atoms with Crippen LogP contribution >= 0.6 is 7.82 Å². The van der Waals surface area contributed by atoms with Crippen LogP contribution in [-0.4, -0.2) is 68.5 Å². The lowest BCUT2D eigenvalue weighted by molar-refractivity contribution is -0.870. The number of phosphoric acid groups is 1. The van der Waals surface area contributed by atoms with Crippen molar-refractivity contribution in [1.82, 2.24) is 5.32 Å². The second-order valence-electron chi connectivity index (χ2n) is 11.4. The zero-order valence-electron chi connectivity index (χ0n) is 27.4. The van der Waals surface area contributed by atoms with Gasteiger partial charge < -0.3 is 28.8 Å². The van der Waals surface area contributed by atoms with Crippen molar-refractivity contribution < 1.29 is 32.9 Å². The summed E-state index contributed by atoms with van der Waals surface area (Å²) in [5.41, 5.74) is 0. The maximum atomic E-state index is 12.6. The molecular weight excluding hydrogens is 563 g/mol. The number of phosphoric ester groups is 1. The summed E-state index contributed by atoms with van der Waals surface area (Å²) in [6.45, 7) is 4.30. The lowest BCUT2D eigenvalue weighted by Crippen LogP contribution is -2.45. The van der Waals surface area contributed by atoms with Gasteiger partial charge in [-0.3, -0.25) is 9.36 Å². The Kier molecular flexibility index (Phi) is 25.1. The van der Waals surface area contributed by atoms with Gasteiger partial charge in [0.05, 0.1) is 39.9 Å². The Hall–Kier alpha value is -2.06. The molecule has 0 fully saturated rings. The average Bonchev–Trinajstić information content (AvgIpc) is 2.94. The van der Waals surface area contributed by atoms with Crippen LogP contribution in [-0.2, 0) is 18.4 Å². The standard InChI is InChI=1S/C34H59N2O6P/c1-6-8-10-12-14-15-16-17-18-19-20-21-22-24-26-28-34(38)35-32(33(37)27-25-23-13-11-9-7-2)31-42-43(39,40)41-30-29-36(3,4)5/h8,10,14-15,17-18,20-21,24-27,32-33,37H,6-7,9,11-13,16,19,22-23,28-31H2,1-5H3,(H-,35,38,39,40)/b10-8-,15-14-,18-17-,21-20-,26-24-,27-25+. The molecule has 0 aromatic heterocycles. The van der Waals surface area contributed by atoms with Crippen LogP contribution in [0.15, 0.2) is 72.9 Å². The molecule has 0 aliphatic carbocycles. The first-order valence-electron chi connectivity index (χ1n) is 15.8. The summed E-state index contributed by atoms with van der Waals surface area (Å²) >= 11 is 0. The summed E-state index contributed by atoms with van der Waals surface area (Å²) in [5.74, 6) is -0.336. The van der Waals surface area contributed by atoms with Crippen molar-refractivity contribution in [2.24, 2.45) is 0 Å². The molecule has 3 atom stereocenters. The second-order valence-corrected chi connectivity index (χ2v) is 12.9. The molecule has 0 saturated heterocycles. The van der Waals surface area contributed by atoms with Crippen molar-refractivity contribution in [3.8, 4) is 0 Å². The van der Waals surface area contributed by atoms with E-state index in [0.29, 0.717) is 17.4 Å². The van der Waals surface area contributed by atoms with E-state index in [1.165, 1.54) is 0 Å². The third kappa shape index (κ3) is 28.5. The molecule has 43 heavy (non-hydrogen) atoms. The van der Waals surface area contributed by atoms with Crippen LogP contribution in [0.2, 0.25) is 0 Å². The van der Waals surface area contributed by atoms with Crippen molar-refractivity contribution in [3.63, 3.8) is 0 Å². The van der Waals surface area contributed by atoms with Gasteiger partial charge in [0.25, 0.3) is 7.82 Å². The number of hydrogen-bond donors (Lipinski definition) is 2. The zero-order valence-corrected chi connectivity index (χ0v) is 28.3. The summed E-state index contributed by atoms with van der Waals surface area (Å²) < 4.78 is 22.8. The number of carbonyl (C=O) groups excluding carboxylic acids is 1. The molecule has 8 nitrogen and oxygen atoms in total. The van der Waals surface area contributed by atoms with Gasteiger partial charge >= 0.3 is 0 Å². The van der Waals surface area contributed by atoms with Crippen molar-refractivity contribution in [3.05, 3.63) is 72.9 Å². The quantitative estimate of drug-likeness (QED) is 0.0481. The maximum absolute atomic E-state index is 12.6. The van der Waals surface area contributed by atoms with Crippen LogP contribution in [0.5, 0.6) is 0 Å². The minimum Gasteiger partial charge on any atom is -0.756 e. The zero-order chi connectivity index (χ0) is 32.2. The smallest absolute Gasteiger partial charge is 0.268 e. The average molecular weight is 623 g/mol. The molecule has 9 heteroatoms. The number of nitrogens with zero attached hydrogens (tertiary/aromatic N) is 1. The molecule has 1 amide bonds. The Bertz CT molecular complexity index is 934. The number of nitrogens with one attached hydrogen (secondary N) is 1. The Labute approximate surface area is 262 Å². The van der Waals surface area contributed by atoms with E-state index in [2.05, 4.69) is 61.7 Å². The number of allylic oxidation sites excluding steroid dienone is 10. The number of rotatable bonds is 26. The molecule has 0 spiro atoms. The highest BCUT2D eigenvalue weighted by Crippen LogP contribution is 2.38. The van der Waals surface area contributed by atoms with Gasteiger partial charge in [0, 0.05) is 6.42 Å². The Morgan fingerprint density at radius 2 is 1.40 bits per heavy atom. The largest absolute Gasteiger partial charge is 0.756 e. The van der Waals surface area contributed by atoms with Gasteiger partial charge in [-0.2, -0.15) is 0 Å². The van der Waals surface area contributed by atoms with Gasteiger partial charge in [-0.25, -0.2) is 0 Å². The van der Waals surface area contributed by atoms with E-state index in [-0.39, 0.29) is 18.9 Å². The molecule has 3 unspecified atom stereocenters. The number of aliphatic hydroxyl groups is 1. The van der Waals surface area contributed by atoms with Crippen LogP contribution in [0.3, 0.4) is 0 Å². The van der Waals surface area contributed by atoms with Gasteiger partial charge in [0.2, 0.25) is 5.91 Å². The van der Waals surface area contributed by atoms with E-state index in [1.807, 2.05) is 39.4 Å². The fraction of sp³-hybridized carbons (Fsp3) is 0.618. The van der Waals surface area contributed by atoms with Crippen molar-refractivity contribution >= 4 is 13.7 Å². The van der Waals surface area contributed by atoms with Crippen LogP contribution < -0.4 is 10.2 Å². The second kappa shape index (κ2) is 26.4. The van der Waals surface area contributed by atoms with Crippen LogP contribution in [0.25, 0.3) is 0 Å². The number of carbonyl (C=O) groups is 1. The van der Waals surface area contributed by atoms with Gasteiger partial charge in [0.1, 0.15) is 13.2 Å². The molecule has 0 radical (unpaired) electrons. The fourth-order valence-corrected chi connectivity index (χ4v) is 4.35. The lowest BCUT2D eigenvalue weighted by atomic mass is 10.1. The van der Waals surface area contributed by atoms with Crippen molar-refractivity contribution in [1.29, 1.82) is 0 Å². The summed E-state index contributed by atoms with van der Waals surface area (Å²) in [4.78, 5) is 24.8. The number of unbranched alkanes of at least 4 members (excludes halogenated alkanes) is 4. The third-order valence-corrected chi connectivity index (χ3v) is 7.17. The van der Waals surface area contributed by atoms with E-state index < -0.39 is 26.6 Å². The van der Waals surface area contributed by atoms with E-state index in [1.54, 1.807) is 12.2 Å². The molecule has 0 aromatic carbocycles. The predicted octanol–water partition coefficient (Wildman–Crippen LogP) is 6.71. The predicted molar refractivity (Wildman–Crippen MR) is 177 cm³/mol. The summed E-state index contributed by atoms with van der Waals surface area (Å²) in [6, 6.07) is -0.939. The van der Waals surface area contributed by atoms with E-state index in [0.717, 1.165) is 57.8 Å². The molecule has 0 rings (SSSR count). The van der Waals surface area contributed by atoms with E-state index in [9.17, 15) is 19.4 Å². The minimum atomic E-state index is -4.59. The van der Waals surface area contributed by atoms with Gasteiger partial charge in [0.15, 0.2) is 0 Å². The van der Waals surface area contributed by atoms with Gasteiger partial charge in [-0.05, 0) is 44.9 Å². The minimum absolute atomic E-state index is 0.0222. The normalized spacial score (nSPS) is 16.0. The Balaban J connectivity index is 4.73. The summed E-state index contributed by atoms with van der Waals surface area (Å²) in [7, 11) is 1.18. The van der Waals surface area contributed by atoms with Crippen molar-refractivity contribution in [2.45, 2.75) is 96.6 Å². The Morgan fingerprint density at radius 3 is 1.93 bits per heavy atom. The third-order valence-electron chi connectivity index (χ3n) is 6.20. The first kappa shape index (κ1) is 40.9. The molecular formula is C34H59N2O6P. The number of likely N-dealkylation sites (N-methyl/N-ethyl adjacent to an activating group) is 1. The fourth-order valence-electron chi connectivity index (χ4n) is 3.63. The molecule has 0 heterocycles. The highest BCUT2D eigenvalue weighted by molar-refractivity contribution is 7.45. The van der Waals surface area contributed by atoms with E-state index in [4.69, 9.17) is 9.05 Å². The molecule has 0 aliphatic rings. The van der Waals surface area contributed by atoms with Crippen LogP contribution in [0, 0.1) is 0 Å². The molecule has 246 valence electrons. The van der Waals surface area contributed by atoms with Crippen LogP contribution in [0.1, 0.15) is 84.5 Å². The number of quaternary nitrogens is 1. The van der Waals surface area contributed by atoms with Crippen LogP contribution in [0.4, 0.5) is 0 Å². The highest BCUT2D eigenvalue weighted by Gasteiger charge is 2.22. The molecule has 0 aromatic rings. The topological polar surface area (TPSA) is 108 Å². The van der Waals surface area contributed by atoms with Gasteiger partial charge in [-0.1, -0.05) is 106 Å². The number of aliphatic hydroxyl groups excluding tert-OH is 1. The maximum Gasteiger partial charge on any atom is 0.268 e. The summed E-state index contributed by atoms with van der Waals surface area (Å²) in [5, 5.41) is 13.4. The number of amides is 1. The molecule has 2 N–H and O–H groups in total. The molecule has 0 bridgehead atoms. The highest BCUT2D eigenvalue weighted by atomic mass is 31.2. The van der Waals surface area contributed by atoms with Gasteiger partial charge in [-0.15, -0.1) is 0 Å². The number of hydrogen-bond acceptors (Lipinski definition) is 6. The van der Waals surface area contributed by atoms with Crippen molar-refractivity contribution in [2.75, 3.05) is 40.9 Å². The molecule has 0 aliphatic heterocycles. The summed E-state index contributed by atoms with van der Waals surface area (Å²) in [6.07, 6.45) is 32.9.